The second-order valence-corrected chi connectivity index (χ2v) is 10.2. The van der Waals surface area contributed by atoms with Crippen LogP contribution in [0.3, 0.4) is 0 Å². The summed E-state index contributed by atoms with van der Waals surface area (Å²) in [7, 11) is 3.50. The summed E-state index contributed by atoms with van der Waals surface area (Å²) in [5.74, 6) is -3.33. The first-order valence-electron chi connectivity index (χ1n) is 11.7. The fourth-order valence-electron chi connectivity index (χ4n) is 8.06. The summed E-state index contributed by atoms with van der Waals surface area (Å²) < 4.78 is 13.0. The van der Waals surface area contributed by atoms with E-state index in [1.807, 2.05) is 19.2 Å². The number of aliphatic carboxylic acids is 1. The number of piperidine rings is 1. The lowest BCUT2D eigenvalue weighted by atomic mass is 9.41. The molecule has 0 amide bonds. The highest BCUT2D eigenvalue weighted by molar-refractivity contribution is 6.05. The maximum atomic E-state index is 14.2. The van der Waals surface area contributed by atoms with Gasteiger partial charge >= 0.3 is 5.97 Å². The second kappa shape index (κ2) is 6.92. The number of hydrogen-bond donors (Lipinski definition) is 4. The van der Waals surface area contributed by atoms with Crippen LogP contribution in [0.25, 0.3) is 0 Å². The molecule has 10 nitrogen and oxygen atoms in total. The van der Waals surface area contributed by atoms with E-state index in [1.165, 1.54) is 13.2 Å². The number of carboxylic acid groups (broad SMARTS) is 1. The number of rotatable bonds is 5. The molecular weight excluding hydrogens is 456 g/mol. The number of carboxylic acids is 1. The van der Waals surface area contributed by atoms with Crippen molar-refractivity contribution in [2.24, 2.45) is 23.2 Å². The average molecular weight is 485 g/mol. The Morgan fingerprint density at radius 1 is 1.26 bits per heavy atom. The van der Waals surface area contributed by atoms with E-state index >= 15 is 0 Å². The Labute approximate surface area is 201 Å². The minimum absolute atomic E-state index is 0.00228. The Bertz CT molecular complexity index is 1210. The minimum atomic E-state index is -2.56. The van der Waals surface area contributed by atoms with E-state index in [-0.39, 0.29) is 23.8 Å². The molecule has 10 heteroatoms. The van der Waals surface area contributed by atoms with Crippen LogP contribution in [0, 0.1) is 23.2 Å². The number of ketones is 1. The van der Waals surface area contributed by atoms with E-state index in [2.05, 4.69) is 4.90 Å². The van der Waals surface area contributed by atoms with Crippen LogP contribution in [0.15, 0.2) is 48.0 Å². The van der Waals surface area contributed by atoms with Crippen LogP contribution in [0.4, 0.5) is 0 Å². The number of aromatic nitrogens is 1. The maximum Gasteiger partial charge on any atom is 0.337 e. The van der Waals surface area contributed by atoms with Crippen LogP contribution in [0.1, 0.15) is 12.8 Å². The first kappa shape index (κ1) is 22.2. The summed E-state index contributed by atoms with van der Waals surface area (Å²) in [6.45, 7) is -0.520. The molecule has 1 saturated carbocycles. The average Bonchev–Trinajstić information content (AvgIpc) is 3.34. The summed E-state index contributed by atoms with van der Waals surface area (Å²) in [5, 5.41) is 43.1. The lowest BCUT2D eigenvalue weighted by Crippen LogP contribution is -2.78. The Hall–Kier alpha value is -3.24. The maximum absolute atomic E-state index is 14.2. The standard InChI is InChI=1S/C25H28N2O8/c1-26-10-9-23-14-4-6-17(29)25(23,24(12-28,22(32)33)27-18(30)7-8-19(27)31)35-21-16(34-2)5-3-13(20(21)23)11-15(14)26/h3-8,13-15,20,28,30-31H,9-12H2,1-2H3,(H,32,33)/t13?,14-,15+,20?,23-,24+,25-/m0/s1. The quantitative estimate of drug-likeness (QED) is 0.481. The van der Waals surface area contributed by atoms with Crippen molar-refractivity contribution >= 4 is 11.8 Å². The summed E-state index contributed by atoms with van der Waals surface area (Å²) >= 11 is 0. The van der Waals surface area contributed by atoms with Gasteiger partial charge in [0, 0.05) is 35.4 Å². The van der Waals surface area contributed by atoms with Crippen LogP contribution in [-0.2, 0) is 24.6 Å². The highest BCUT2D eigenvalue weighted by atomic mass is 16.5. The van der Waals surface area contributed by atoms with E-state index in [9.17, 15) is 30.0 Å². The molecule has 3 fully saturated rings. The Kier molecular flexibility index (Phi) is 4.39. The number of likely N-dealkylation sites (tertiary alicyclic amines) is 1. The van der Waals surface area contributed by atoms with E-state index in [0.29, 0.717) is 24.5 Å². The largest absolute Gasteiger partial charge is 0.494 e. The number of aliphatic hydroxyl groups is 1. The summed E-state index contributed by atoms with van der Waals surface area (Å²) in [4.78, 5) is 29.7. The molecule has 5 aliphatic rings. The topological polar surface area (TPSA) is 142 Å². The molecule has 1 aromatic heterocycles. The molecule has 2 unspecified atom stereocenters. The van der Waals surface area contributed by atoms with Crippen LogP contribution < -0.4 is 0 Å². The zero-order valence-corrected chi connectivity index (χ0v) is 19.4. The fraction of sp³-hybridized carbons (Fsp3) is 0.520. The third-order valence-electron chi connectivity index (χ3n) is 9.30. The first-order chi connectivity index (χ1) is 16.7. The first-order valence-corrected chi connectivity index (χ1v) is 11.7. The van der Waals surface area contributed by atoms with Gasteiger partial charge in [-0.2, -0.15) is 0 Å². The molecule has 186 valence electrons. The SMILES string of the molecule is COC1=C2O[C@@]3([C@@](CO)(C(=O)O)n4c(O)ccc4O)C(=O)C=C[C@H]4[C@H]5CC(C=C1)C2[C@]43CCN5C. The lowest BCUT2D eigenvalue weighted by Gasteiger charge is -2.64. The molecule has 35 heavy (non-hydrogen) atoms. The summed E-state index contributed by atoms with van der Waals surface area (Å²) in [5.41, 5.74) is -5.80. The van der Waals surface area contributed by atoms with Crippen molar-refractivity contribution in [3.8, 4) is 11.8 Å². The minimum Gasteiger partial charge on any atom is -0.494 e. The molecule has 0 aromatic carbocycles. The Balaban J connectivity index is 1.76. The van der Waals surface area contributed by atoms with Crippen molar-refractivity contribution in [1.29, 1.82) is 0 Å². The highest BCUT2D eigenvalue weighted by Crippen LogP contribution is 2.73. The van der Waals surface area contributed by atoms with Crippen LogP contribution in [0.2, 0.25) is 0 Å². The predicted molar refractivity (Wildman–Crippen MR) is 120 cm³/mol. The second-order valence-electron chi connectivity index (χ2n) is 10.2. The number of carbonyl (C=O) groups excluding carboxylic acids is 1. The van der Waals surface area contributed by atoms with Crippen molar-refractivity contribution in [3.63, 3.8) is 0 Å². The van der Waals surface area contributed by atoms with E-state index in [4.69, 9.17) is 9.47 Å². The fourth-order valence-corrected chi connectivity index (χ4v) is 8.06. The van der Waals surface area contributed by atoms with E-state index < -0.39 is 46.7 Å². The van der Waals surface area contributed by atoms with Gasteiger partial charge in [-0.3, -0.25) is 9.36 Å². The van der Waals surface area contributed by atoms with Gasteiger partial charge in [-0.1, -0.05) is 12.2 Å². The van der Waals surface area contributed by atoms with E-state index in [1.54, 1.807) is 6.08 Å². The molecular formula is C25H28N2O8. The number of carbonyl (C=O) groups is 2. The van der Waals surface area contributed by atoms with Gasteiger partial charge in [0.15, 0.2) is 17.5 Å². The number of aromatic hydroxyl groups is 2. The smallest absolute Gasteiger partial charge is 0.337 e. The third-order valence-corrected chi connectivity index (χ3v) is 9.30. The number of ether oxygens (including phenoxy) is 2. The number of aliphatic hydroxyl groups excluding tert-OH is 1. The molecule has 7 atom stereocenters. The van der Waals surface area contributed by atoms with Gasteiger partial charge in [0.2, 0.25) is 16.9 Å². The molecule has 2 bridgehead atoms. The molecule has 0 radical (unpaired) electrons. The van der Waals surface area contributed by atoms with Crippen LogP contribution in [0.5, 0.6) is 11.8 Å². The van der Waals surface area contributed by atoms with Crippen LogP contribution >= 0.6 is 0 Å². The molecule has 3 aliphatic carbocycles. The van der Waals surface area contributed by atoms with Gasteiger partial charge in [-0.25, -0.2) is 4.79 Å². The number of nitrogens with zero attached hydrogens (tertiary/aromatic N) is 2. The molecule has 1 aromatic rings. The molecule has 2 aliphatic heterocycles. The van der Waals surface area contributed by atoms with Gasteiger partial charge in [-0.15, -0.1) is 0 Å². The third kappa shape index (κ3) is 2.19. The van der Waals surface area contributed by atoms with Gasteiger partial charge < -0.3 is 34.8 Å². The molecule has 1 spiro atoms. The number of methoxy groups -OCH3 is 1. The van der Waals surface area contributed by atoms with Crippen LogP contribution in [-0.4, -0.2) is 80.6 Å². The molecule has 3 heterocycles. The number of allylic oxidation sites excluding steroid dienone is 3. The lowest BCUT2D eigenvalue weighted by molar-refractivity contribution is -0.216. The predicted octanol–water partition coefficient (Wildman–Crippen LogP) is 0.950. The zero-order valence-electron chi connectivity index (χ0n) is 19.4. The summed E-state index contributed by atoms with van der Waals surface area (Å²) in [6, 6.07) is 2.26. The van der Waals surface area contributed by atoms with Gasteiger partial charge in [0.25, 0.3) is 0 Å². The van der Waals surface area contributed by atoms with Crippen molar-refractivity contribution in [2.45, 2.75) is 30.0 Å². The van der Waals surface area contributed by atoms with E-state index in [0.717, 1.165) is 23.1 Å². The van der Waals surface area contributed by atoms with Crippen molar-refractivity contribution in [2.75, 3.05) is 27.3 Å². The summed E-state index contributed by atoms with van der Waals surface area (Å²) in [6.07, 6.45) is 8.21. The highest BCUT2D eigenvalue weighted by Gasteiger charge is 2.84. The Morgan fingerprint density at radius 2 is 1.97 bits per heavy atom. The molecule has 6 rings (SSSR count). The zero-order chi connectivity index (χ0) is 24.9. The molecule has 2 saturated heterocycles. The Morgan fingerprint density at radius 3 is 2.60 bits per heavy atom. The van der Waals surface area contributed by atoms with Gasteiger partial charge in [0.05, 0.1) is 13.7 Å². The normalized spacial score (nSPS) is 38.7. The van der Waals surface area contributed by atoms with Gasteiger partial charge in [-0.05, 0) is 44.5 Å². The van der Waals surface area contributed by atoms with Crippen molar-refractivity contribution < 1.29 is 39.5 Å². The van der Waals surface area contributed by atoms with Crippen molar-refractivity contribution in [3.05, 3.63) is 48.0 Å². The van der Waals surface area contributed by atoms with Gasteiger partial charge in [0.1, 0.15) is 5.76 Å². The monoisotopic (exact) mass is 484 g/mol. The number of hydrogen-bond acceptors (Lipinski definition) is 8. The molecule has 4 N–H and O–H groups in total. The van der Waals surface area contributed by atoms with Crippen molar-refractivity contribution in [1.82, 2.24) is 9.47 Å².